The molecule has 7 atom stereocenters. The van der Waals surface area contributed by atoms with Gasteiger partial charge in [-0.05, 0) is 98.2 Å². The van der Waals surface area contributed by atoms with E-state index >= 15 is 0 Å². The molecule has 2 nitrogen and oxygen atoms in total. The van der Waals surface area contributed by atoms with Crippen LogP contribution in [-0.4, -0.2) is 24.4 Å². The lowest BCUT2D eigenvalue weighted by atomic mass is 9.47. The fourth-order valence-electron chi connectivity index (χ4n) is 7.57. The van der Waals surface area contributed by atoms with Gasteiger partial charge in [-0.1, -0.05) is 39.3 Å². The summed E-state index contributed by atoms with van der Waals surface area (Å²) < 4.78 is 6.16. The first-order valence-electron chi connectivity index (χ1n) is 11.8. The van der Waals surface area contributed by atoms with E-state index in [2.05, 4.69) is 33.8 Å². The van der Waals surface area contributed by atoms with Crippen molar-refractivity contribution in [3.05, 3.63) is 11.6 Å². The number of aliphatic hydroxyl groups is 1. The van der Waals surface area contributed by atoms with Gasteiger partial charge in [-0.25, -0.2) is 0 Å². The van der Waals surface area contributed by atoms with Crippen LogP contribution in [0.3, 0.4) is 0 Å². The van der Waals surface area contributed by atoms with Gasteiger partial charge in [-0.3, -0.25) is 0 Å². The van der Waals surface area contributed by atoms with Gasteiger partial charge in [-0.2, -0.15) is 0 Å². The highest BCUT2D eigenvalue weighted by molar-refractivity contribution is 5.25. The Morgan fingerprint density at radius 1 is 1.11 bits per heavy atom. The summed E-state index contributed by atoms with van der Waals surface area (Å²) in [4.78, 5) is 0. The second-order valence-electron chi connectivity index (χ2n) is 11.2. The molecule has 0 spiro atoms. The number of hydrogen-bond donors (Lipinski definition) is 1. The number of rotatable bonds is 5. The Kier molecular flexibility index (Phi) is 5.53. The Balaban J connectivity index is 1.46. The summed E-state index contributed by atoms with van der Waals surface area (Å²) >= 11 is 0. The second-order valence-corrected chi connectivity index (χ2v) is 11.2. The van der Waals surface area contributed by atoms with E-state index in [-0.39, 0.29) is 6.10 Å². The Morgan fingerprint density at radius 3 is 2.70 bits per heavy atom. The van der Waals surface area contributed by atoms with Crippen LogP contribution in [0.25, 0.3) is 0 Å². The van der Waals surface area contributed by atoms with Gasteiger partial charge in [-0.15, -0.1) is 0 Å². The van der Waals surface area contributed by atoms with Crippen molar-refractivity contribution in [2.45, 2.75) is 91.6 Å². The van der Waals surface area contributed by atoms with Crippen LogP contribution in [0.4, 0.5) is 0 Å². The quantitative estimate of drug-likeness (QED) is 0.473. The summed E-state index contributed by atoms with van der Waals surface area (Å²) in [6.45, 7) is 11.6. The van der Waals surface area contributed by atoms with E-state index in [1.165, 1.54) is 44.9 Å². The molecule has 0 saturated heterocycles. The highest BCUT2D eigenvalue weighted by Crippen LogP contribution is 2.66. The van der Waals surface area contributed by atoms with Gasteiger partial charge in [0.1, 0.15) is 0 Å². The van der Waals surface area contributed by atoms with Crippen molar-refractivity contribution < 1.29 is 9.84 Å². The Morgan fingerprint density at radius 2 is 1.93 bits per heavy atom. The van der Waals surface area contributed by atoms with Crippen LogP contribution in [0.1, 0.15) is 85.5 Å². The van der Waals surface area contributed by atoms with Gasteiger partial charge in [0.15, 0.2) is 0 Å². The van der Waals surface area contributed by atoms with E-state index in [9.17, 15) is 5.11 Å². The fourth-order valence-corrected chi connectivity index (χ4v) is 7.57. The molecule has 2 heteroatoms. The van der Waals surface area contributed by atoms with Crippen LogP contribution >= 0.6 is 0 Å². The normalized spacial score (nSPS) is 46.6. The Labute approximate surface area is 167 Å². The zero-order valence-corrected chi connectivity index (χ0v) is 18.2. The maximum atomic E-state index is 10.2. The first kappa shape index (κ1) is 20.0. The average Bonchev–Trinajstić information content (AvgIpc) is 2.96. The van der Waals surface area contributed by atoms with E-state index < -0.39 is 0 Å². The maximum absolute atomic E-state index is 10.2. The molecular formula is C25H42O2. The first-order valence-corrected chi connectivity index (χ1v) is 11.8. The van der Waals surface area contributed by atoms with Crippen LogP contribution in [0.5, 0.6) is 0 Å². The molecule has 0 aromatic carbocycles. The summed E-state index contributed by atoms with van der Waals surface area (Å²) in [6.07, 6.45) is 13.6. The lowest BCUT2D eigenvalue weighted by Gasteiger charge is -2.58. The van der Waals surface area contributed by atoms with Gasteiger partial charge in [0.25, 0.3) is 0 Å². The molecule has 4 aliphatic rings. The van der Waals surface area contributed by atoms with Crippen molar-refractivity contribution in [1.82, 2.24) is 0 Å². The largest absolute Gasteiger partial charge is 0.393 e. The minimum Gasteiger partial charge on any atom is -0.393 e. The van der Waals surface area contributed by atoms with Crippen LogP contribution in [0, 0.1) is 40.4 Å². The lowest BCUT2D eigenvalue weighted by molar-refractivity contribution is -0.0625. The van der Waals surface area contributed by atoms with E-state index in [0.717, 1.165) is 55.6 Å². The zero-order valence-electron chi connectivity index (χ0n) is 18.2. The van der Waals surface area contributed by atoms with E-state index in [4.69, 9.17) is 4.74 Å². The molecular weight excluding hydrogens is 332 g/mol. The average molecular weight is 375 g/mol. The van der Waals surface area contributed by atoms with Crippen molar-refractivity contribution in [1.29, 1.82) is 0 Å². The van der Waals surface area contributed by atoms with Crippen LogP contribution in [0.2, 0.25) is 0 Å². The van der Waals surface area contributed by atoms with Gasteiger partial charge in [0.2, 0.25) is 0 Å². The third-order valence-electron chi connectivity index (χ3n) is 9.43. The highest BCUT2D eigenvalue weighted by Gasteiger charge is 2.58. The molecule has 0 bridgehead atoms. The summed E-state index contributed by atoms with van der Waals surface area (Å²) in [7, 11) is 0. The molecule has 154 valence electrons. The number of aliphatic hydroxyl groups excluding tert-OH is 1. The van der Waals surface area contributed by atoms with Crippen molar-refractivity contribution in [3.8, 4) is 0 Å². The SMILES string of the molecule is CC(C)CCOCC1CCC2C3CC=C4C[C@@H](O)CC[C@]4(C)C3CC[C@]12C. The minimum absolute atomic E-state index is 0.0893. The van der Waals surface area contributed by atoms with Crippen molar-refractivity contribution in [2.75, 3.05) is 13.2 Å². The Hall–Kier alpha value is -0.340. The van der Waals surface area contributed by atoms with E-state index in [1.807, 2.05) is 0 Å². The van der Waals surface area contributed by atoms with Crippen LogP contribution in [-0.2, 0) is 4.74 Å². The number of allylic oxidation sites excluding steroid dienone is 1. The van der Waals surface area contributed by atoms with Crippen LogP contribution in [0.15, 0.2) is 11.6 Å². The first-order chi connectivity index (χ1) is 12.8. The van der Waals surface area contributed by atoms with Crippen molar-refractivity contribution >= 4 is 0 Å². The number of hydrogen-bond acceptors (Lipinski definition) is 2. The lowest BCUT2D eigenvalue weighted by Crippen LogP contribution is -2.50. The predicted octanol–water partition coefficient (Wildman–Crippen LogP) is 5.99. The zero-order chi connectivity index (χ0) is 19.2. The molecule has 0 radical (unpaired) electrons. The molecule has 3 fully saturated rings. The monoisotopic (exact) mass is 374 g/mol. The summed E-state index contributed by atoms with van der Waals surface area (Å²) in [5, 5.41) is 10.2. The van der Waals surface area contributed by atoms with E-state index in [1.54, 1.807) is 5.57 Å². The molecule has 0 heterocycles. The van der Waals surface area contributed by atoms with E-state index in [0.29, 0.717) is 10.8 Å². The van der Waals surface area contributed by atoms with Gasteiger partial charge in [0, 0.05) is 13.2 Å². The molecule has 0 aromatic rings. The predicted molar refractivity (Wildman–Crippen MR) is 111 cm³/mol. The van der Waals surface area contributed by atoms with Crippen LogP contribution < -0.4 is 0 Å². The van der Waals surface area contributed by atoms with Gasteiger partial charge in [0.05, 0.1) is 6.10 Å². The molecule has 4 unspecified atom stereocenters. The molecule has 1 N–H and O–H groups in total. The summed E-state index contributed by atoms with van der Waals surface area (Å²) in [5.41, 5.74) is 2.46. The number of fused-ring (bicyclic) bond motifs is 5. The standard InChI is InChI=1S/C25H42O2/c1-17(2)11-14-27-16-19-6-8-22-21-7-5-18-15-20(26)9-12-24(18,3)23(21)10-13-25(19,22)4/h5,17,19-23,26H,6-16H2,1-4H3/t19?,20-,21?,22?,23?,24-,25+/m0/s1. The van der Waals surface area contributed by atoms with Gasteiger partial charge >= 0.3 is 0 Å². The summed E-state index contributed by atoms with van der Waals surface area (Å²) in [6, 6.07) is 0. The van der Waals surface area contributed by atoms with Crippen molar-refractivity contribution in [3.63, 3.8) is 0 Å². The molecule has 0 aromatic heterocycles. The smallest absolute Gasteiger partial charge is 0.0577 e. The molecule has 4 aliphatic carbocycles. The molecule has 27 heavy (non-hydrogen) atoms. The molecule has 4 rings (SSSR count). The third kappa shape index (κ3) is 3.44. The second kappa shape index (κ2) is 7.48. The molecule has 0 amide bonds. The minimum atomic E-state index is -0.0893. The maximum Gasteiger partial charge on any atom is 0.0577 e. The van der Waals surface area contributed by atoms with Gasteiger partial charge < -0.3 is 9.84 Å². The number of ether oxygens (including phenoxy) is 1. The fraction of sp³-hybridized carbons (Fsp3) is 0.920. The Bertz CT molecular complexity index is 567. The molecule has 3 saturated carbocycles. The molecule has 0 aliphatic heterocycles. The summed E-state index contributed by atoms with van der Waals surface area (Å²) in [5.74, 6) is 4.11. The topological polar surface area (TPSA) is 29.5 Å². The highest BCUT2D eigenvalue weighted by atomic mass is 16.5. The van der Waals surface area contributed by atoms with Crippen molar-refractivity contribution in [2.24, 2.45) is 40.4 Å². The third-order valence-corrected chi connectivity index (χ3v) is 9.43.